The number of anilines is 1. The molecule has 0 aliphatic heterocycles. The Morgan fingerprint density at radius 2 is 1.81 bits per heavy atom. The van der Waals surface area contributed by atoms with Crippen LogP contribution in [0.2, 0.25) is 0 Å². The quantitative estimate of drug-likeness (QED) is 0.919. The average Bonchev–Trinajstić information content (AvgIpc) is 2.50. The number of benzene rings is 2. The second-order valence-electron chi connectivity index (χ2n) is 4.39. The lowest BCUT2D eigenvalue weighted by Gasteiger charge is -2.14. The number of nitrogens with zero attached hydrogens (tertiary/aromatic N) is 1. The number of hydrogen-bond donors (Lipinski definition) is 1. The predicted molar refractivity (Wildman–Crippen MR) is 84.0 cm³/mol. The molecule has 4 nitrogen and oxygen atoms in total. The first-order valence-corrected chi connectivity index (χ1v) is 7.11. The Morgan fingerprint density at radius 3 is 2.38 bits per heavy atom. The molecule has 2 aromatic rings. The van der Waals surface area contributed by atoms with Gasteiger partial charge in [-0.3, -0.25) is 4.79 Å². The molecule has 0 saturated carbocycles. The van der Waals surface area contributed by atoms with Gasteiger partial charge in [0.2, 0.25) is 0 Å². The number of halogens is 1. The van der Waals surface area contributed by atoms with Gasteiger partial charge in [-0.15, -0.1) is 0 Å². The summed E-state index contributed by atoms with van der Waals surface area (Å²) < 4.78 is 6.49. The van der Waals surface area contributed by atoms with Crippen molar-refractivity contribution in [3.8, 4) is 11.8 Å². The van der Waals surface area contributed by atoms with E-state index in [1.165, 1.54) is 0 Å². The zero-order valence-electron chi connectivity index (χ0n) is 11.3. The Kier molecular flexibility index (Phi) is 4.96. The highest BCUT2D eigenvalue weighted by Gasteiger charge is 2.14. The summed E-state index contributed by atoms with van der Waals surface area (Å²) in [5, 5.41) is 11.5. The van der Waals surface area contributed by atoms with Crippen molar-refractivity contribution >= 4 is 27.5 Å². The van der Waals surface area contributed by atoms with Gasteiger partial charge in [0.25, 0.3) is 5.91 Å². The van der Waals surface area contributed by atoms with Crippen molar-refractivity contribution in [1.29, 1.82) is 5.26 Å². The van der Waals surface area contributed by atoms with Gasteiger partial charge in [0.05, 0.1) is 11.6 Å². The number of carbonyl (C=O) groups excluding carboxylic acids is 1. The van der Waals surface area contributed by atoms with Crippen LogP contribution in [-0.4, -0.2) is 12.0 Å². The summed E-state index contributed by atoms with van der Waals surface area (Å²) in [6.07, 6.45) is -0.637. The van der Waals surface area contributed by atoms with Crippen molar-refractivity contribution in [3.05, 3.63) is 58.6 Å². The molecule has 0 fully saturated rings. The Hall–Kier alpha value is -2.32. The number of ether oxygens (including phenoxy) is 1. The van der Waals surface area contributed by atoms with Crippen LogP contribution in [0.15, 0.2) is 53.0 Å². The molecule has 2 aromatic carbocycles. The number of nitriles is 1. The molecule has 0 bridgehead atoms. The highest BCUT2D eigenvalue weighted by atomic mass is 79.9. The molecule has 0 radical (unpaired) electrons. The smallest absolute Gasteiger partial charge is 0.265 e. The molecule has 1 amide bonds. The molecule has 21 heavy (non-hydrogen) atoms. The largest absolute Gasteiger partial charge is 0.481 e. The van der Waals surface area contributed by atoms with E-state index in [2.05, 4.69) is 21.2 Å². The molecule has 1 N–H and O–H groups in total. The van der Waals surface area contributed by atoms with E-state index in [0.717, 1.165) is 4.47 Å². The number of rotatable bonds is 4. The molecule has 106 valence electrons. The molecule has 0 heterocycles. The third kappa shape index (κ3) is 4.33. The summed E-state index contributed by atoms with van der Waals surface area (Å²) in [6, 6.07) is 16.0. The van der Waals surface area contributed by atoms with E-state index in [9.17, 15) is 4.79 Å². The molecule has 0 saturated heterocycles. The average molecular weight is 345 g/mol. The van der Waals surface area contributed by atoms with Crippen molar-refractivity contribution in [2.45, 2.75) is 13.0 Å². The second-order valence-corrected chi connectivity index (χ2v) is 5.31. The summed E-state index contributed by atoms with van der Waals surface area (Å²) in [5.74, 6) is 0.314. The second kappa shape index (κ2) is 6.91. The van der Waals surface area contributed by atoms with E-state index in [4.69, 9.17) is 10.00 Å². The molecule has 0 spiro atoms. The minimum Gasteiger partial charge on any atom is -0.481 e. The first-order valence-electron chi connectivity index (χ1n) is 6.32. The van der Waals surface area contributed by atoms with Crippen molar-refractivity contribution < 1.29 is 9.53 Å². The summed E-state index contributed by atoms with van der Waals surface area (Å²) in [5.41, 5.74) is 1.26. The van der Waals surface area contributed by atoms with Crippen LogP contribution in [0.25, 0.3) is 0 Å². The van der Waals surface area contributed by atoms with Crippen molar-refractivity contribution in [3.63, 3.8) is 0 Å². The standard InChI is InChI=1S/C16H13BrN2O2/c1-11(21-15-8-2-12(10-18)3-9-15)16(20)19-14-6-4-13(17)5-7-14/h2-9,11H,1H3,(H,19,20)/t11-/m0/s1. The molecule has 0 aromatic heterocycles. The van der Waals surface area contributed by atoms with Crippen LogP contribution in [0.4, 0.5) is 5.69 Å². The molecular weight excluding hydrogens is 332 g/mol. The van der Waals surface area contributed by atoms with Crippen LogP contribution in [0.1, 0.15) is 12.5 Å². The van der Waals surface area contributed by atoms with Gasteiger partial charge >= 0.3 is 0 Å². The lowest BCUT2D eigenvalue weighted by molar-refractivity contribution is -0.122. The Bertz CT molecular complexity index is 660. The number of carbonyl (C=O) groups is 1. The maximum atomic E-state index is 12.0. The summed E-state index contributed by atoms with van der Waals surface area (Å²) in [6.45, 7) is 1.67. The first-order chi connectivity index (χ1) is 10.1. The number of hydrogen-bond acceptors (Lipinski definition) is 3. The normalized spacial score (nSPS) is 11.3. The third-order valence-corrected chi connectivity index (χ3v) is 3.31. The van der Waals surface area contributed by atoms with Gasteiger partial charge in [-0.05, 0) is 55.5 Å². The van der Waals surface area contributed by atoms with E-state index < -0.39 is 6.10 Å². The molecule has 0 aliphatic rings. The van der Waals surface area contributed by atoms with E-state index in [0.29, 0.717) is 17.0 Å². The fourth-order valence-electron chi connectivity index (χ4n) is 1.64. The van der Waals surface area contributed by atoms with Gasteiger partial charge in [-0.1, -0.05) is 15.9 Å². The van der Waals surface area contributed by atoms with Crippen LogP contribution >= 0.6 is 15.9 Å². The monoisotopic (exact) mass is 344 g/mol. The summed E-state index contributed by atoms with van der Waals surface area (Å²) >= 11 is 3.34. The maximum absolute atomic E-state index is 12.0. The maximum Gasteiger partial charge on any atom is 0.265 e. The predicted octanol–water partition coefficient (Wildman–Crippen LogP) is 3.73. The van der Waals surface area contributed by atoms with E-state index in [-0.39, 0.29) is 5.91 Å². The molecule has 0 aliphatic carbocycles. The van der Waals surface area contributed by atoms with E-state index in [1.54, 1.807) is 43.3 Å². The molecule has 0 unspecified atom stereocenters. The van der Waals surface area contributed by atoms with Gasteiger partial charge in [-0.2, -0.15) is 5.26 Å². The molecule has 2 rings (SSSR count). The first kappa shape index (κ1) is 15.1. The minimum absolute atomic E-state index is 0.235. The van der Waals surface area contributed by atoms with Crippen LogP contribution in [0.5, 0.6) is 5.75 Å². The van der Waals surface area contributed by atoms with Crippen molar-refractivity contribution in [2.24, 2.45) is 0 Å². The van der Waals surface area contributed by atoms with Crippen LogP contribution < -0.4 is 10.1 Å². The van der Waals surface area contributed by atoms with Gasteiger partial charge in [0.15, 0.2) is 6.10 Å². The topological polar surface area (TPSA) is 62.1 Å². The van der Waals surface area contributed by atoms with E-state index in [1.807, 2.05) is 18.2 Å². The highest BCUT2D eigenvalue weighted by molar-refractivity contribution is 9.10. The summed E-state index contributed by atoms with van der Waals surface area (Å²) in [4.78, 5) is 12.0. The van der Waals surface area contributed by atoms with Crippen molar-refractivity contribution in [1.82, 2.24) is 0 Å². The molecule has 1 atom stereocenters. The van der Waals surface area contributed by atoms with Gasteiger partial charge in [0, 0.05) is 10.2 Å². The van der Waals surface area contributed by atoms with Crippen LogP contribution in [0.3, 0.4) is 0 Å². The zero-order valence-corrected chi connectivity index (χ0v) is 12.9. The Labute approximate surface area is 131 Å². The minimum atomic E-state index is -0.637. The van der Waals surface area contributed by atoms with Gasteiger partial charge in [-0.25, -0.2) is 0 Å². The van der Waals surface area contributed by atoms with Gasteiger partial charge in [0.1, 0.15) is 5.75 Å². The van der Waals surface area contributed by atoms with Crippen molar-refractivity contribution in [2.75, 3.05) is 5.32 Å². The number of nitrogens with one attached hydrogen (secondary N) is 1. The highest BCUT2D eigenvalue weighted by Crippen LogP contribution is 2.16. The fourth-order valence-corrected chi connectivity index (χ4v) is 1.91. The lowest BCUT2D eigenvalue weighted by Crippen LogP contribution is -2.30. The SMILES string of the molecule is C[C@H](Oc1ccc(C#N)cc1)C(=O)Nc1ccc(Br)cc1. The fraction of sp³-hybridized carbons (Fsp3) is 0.125. The van der Waals surface area contributed by atoms with Crippen LogP contribution in [0, 0.1) is 11.3 Å². The van der Waals surface area contributed by atoms with Crippen LogP contribution in [-0.2, 0) is 4.79 Å². The Morgan fingerprint density at radius 1 is 1.19 bits per heavy atom. The lowest BCUT2D eigenvalue weighted by atomic mass is 10.2. The Balaban J connectivity index is 1.95. The number of amides is 1. The summed E-state index contributed by atoms with van der Waals surface area (Å²) in [7, 11) is 0. The van der Waals surface area contributed by atoms with Gasteiger partial charge < -0.3 is 10.1 Å². The molecule has 5 heteroatoms. The van der Waals surface area contributed by atoms with E-state index >= 15 is 0 Å². The third-order valence-electron chi connectivity index (χ3n) is 2.78. The zero-order chi connectivity index (χ0) is 15.2. The molecular formula is C16H13BrN2O2.